The molecule has 0 fully saturated rings. The molecule has 0 radical (unpaired) electrons. The number of aromatic hydroxyl groups is 2. The maximum Gasteiger partial charge on any atom is 0.131 e. The summed E-state index contributed by atoms with van der Waals surface area (Å²) in [5.74, 6) is 0.686. The van der Waals surface area contributed by atoms with E-state index >= 15 is 0 Å². The number of benzene rings is 5. The molecule has 0 amide bonds. The maximum absolute atomic E-state index is 11.4. The van der Waals surface area contributed by atoms with E-state index in [1.165, 1.54) is 101 Å². The van der Waals surface area contributed by atoms with Crippen molar-refractivity contribution in [2.75, 3.05) is 0 Å². The lowest BCUT2D eigenvalue weighted by Gasteiger charge is -2.13. The van der Waals surface area contributed by atoms with E-state index in [0.29, 0.717) is 11.5 Å². The summed E-state index contributed by atoms with van der Waals surface area (Å²) in [6.45, 7) is 4.53. The van der Waals surface area contributed by atoms with Gasteiger partial charge in [-0.3, -0.25) is 0 Å². The minimum Gasteiger partial charge on any atom is -0.507 e. The SMILES string of the molecule is CCCCCCCCCc1ccc2cc3cc4c(O)c5cc(CCCCCCCCC)ccc5cc4cc3c(O)c2c1. The fourth-order valence-corrected chi connectivity index (χ4v) is 6.66. The Bertz CT molecular complexity index is 1510. The summed E-state index contributed by atoms with van der Waals surface area (Å²) in [4.78, 5) is 0. The number of hydrogen-bond acceptors (Lipinski definition) is 2. The van der Waals surface area contributed by atoms with Crippen LogP contribution in [0.4, 0.5) is 0 Å². The minimum absolute atomic E-state index is 0.343. The topological polar surface area (TPSA) is 40.5 Å². The van der Waals surface area contributed by atoms with Crippen LogP contribution in [0.5, 0.6) is 11.5 Å². The molecule has 0 heterocycles. The zero-order valence-electron chi connectivity index (χ0n) is 26.0. The molecule has 5 rings (SSSR count). The predicted octanol–water partition coefficient (Wildman–Crippen LogP) is 12.3. The molecule has 0 aliphatic heterocycles. The van der Waals surface area contributed by atoms with Gasteiger partial charge in [0.25, 0.3) is 0 Å². The third-order valence-corrected chi connectivity index (χ3v) is 9.24. The molecule has 0 spiro atoms. The van der Waals surface area contributed by atoms with E-state index in [4.69, 9.17) is 0 Å². The van der Waals surface area contributed by atoms with E-state index < -0.39 is 0 Å². The van der Waals surface area contributed by atoms with Gasteiger partial charge in [0.2, 0.25) is 0 Å². The van der Waals surface area contributed by atoms with Crippen LogP contribution in [-0.2, 0) is 12.8 Å². The summed E-state index contributed by atoms with van der Waals surface area (Å²) in [6.07, 6.45) is 20.4. The van der Waals surface area contributed by atoms with E-state index in [9.17, 15) is 10.2 Å². The van der Waals surface area contributed by atoms with Gasteiger partial charge in [0.15, 0.2) is 0 Å². The normalized spacial score (nSPS) is 11.9. The van der Waals surface area contributed by atoms with Crippen molar-refractivity contribution >= 4 is 43.1 Å². The zero-order valence-corrected chi connectivity index (χ0v) is 26.0. The van der Waals surface area contributed by atoms with Crippen LogP contribution in [0.25, 0.3) is 43.1 Å². The summed E-state index contributed by atoms with van der Waals surface area (Å²) in [5, 5.41) is 30.3. The number of unbranched alkanes of at least 4 members (excludes halogenated alkanes) is 12. The maximum atomic E-state index is 11.4. The molecule has 5 aromatic rings. The highest BCUT2D eigenvalue weighted by atomic mass is 16.3. The lowest BCUT2D eigenvalue weighted by Crippen LogP contribution is -1.89. The average Bonchev–Trinajstić information content (AvgIpc) is 3.00. The molecular formula is C40H50O2. The Labute approximate surface area is 252 Å². The van der Waals surface area contributed by atoms with Crippen molar-refractivity contribution in [3.63, 3.8) is 0 Å². The molecule has 42 heavy (non-hydrogen) atoms. The van der Waals surface area contributed by atoms with E-state index in [-0.39, 0.29) is 0 Å². The molecule has 2 nitrogen and oxygen atoms in total. The quantitative estimate of drug-likeness (QED) is 0.0927. The van der Waals surface area contributed by atoms with Crippen molar-refractivity contribution in [1.82, 2.24) is 0 Å². The van der Waals surface area contributed by atoms with Crippen molar-refractivity contribution in [2.45, 2.75) is 117 Å². The van der Waals surface area contributed by atoms with Crippen LogP contribution >= 0.6 is 0 Å². The van der Waals surface area contributed by atoms with Gasteiger partial charge in [0, 0.05) is 21.5 Å². The predicted molar refractivity (Wildman–Crippen MR) is 183 cm³/mol. The van der Waals surface area contributed by atoms with E-state index in [1.807, 2.05) is 12.1 Å². The van der Waals surface area contributed by atoms with Crippen LogP contribution in [0.2, 0.25) is 0 Å². The van der Waals surface area contributed by atoms with Crippen LogP contribution in [0.1, 0.15) is 115 Å². The van der Waals surface area contributed by atoms with Crippen LogP contribution < -0.4 is 0 Å². The molecular weight excluding hydrogens is 512 g/mol. The van der Waals surface area contributed by atoms with Crippen molar-refractivity contribution in [3.05, 3.63) is 71.8 Å². The zero-order chi connectivity index (χ0) is 29.3. The Kier molecular flexibility index (Phi) is 10.6. The molecule has 0 saturated heterocycles. The molecule has 0 atom stereocenters. The van der Waals surface area contributed by atoms with Gasteiger partial charge in [-0.15, -0.1) is 0 Å². The monoisotopic (exact) mass is 562 g/mol. The Morgan fingerprint density at radius 3 is 1.14 bits per heavy atom. The number of rotatable bonds is 16. The molecule has 0 aliphatic carbocycles. The summed E-state index contributed by atoms with van der Waals surface area (Å²) < 4.78 is 0. The van der Waals surface area contributed by atoms with Crippen LogP contribution in [0.15, 0.2) is 60.7 Å². The first kappa shape index (κ1) is 30.2. The van der Waals surface area contributed by atoms with Crippen LogP contribution in [-0.4, -0.2) is 10.2 Å². The second-order valence-corrected chi connectivity index (χ2v) is 12.6. The van der Waals surface area contributed by atoms with Gasteiger partial charge in [-0.05, 0) is 94.8 Å². The number of phenols is 2. The van der Waals surface area contributed by atoms with E-state index in [2.05, 4.69) is 62.4 Å². The Balaban J connectivity index is 1.35. The third-order valence-electron chi connectivity index (χ3n) is 9.24. The highest BCUT2D eigenvalue weighted by Gasteiger charge is 2.13. The van der Waals surface area contributed by atoms with Crippen LogP contribution in [0, 0.1) is 0 Å². The van der Waals surface area contributed by atoms with Gasteiger partial charge in [-0.25, -0.2) is 0 Å². The summed E-state index contributed by atoms with van der Waals surface area (Å²) in [6, 6.07) is 21.5. The molecule has 0 aliphatic rings. The number of phenolic OH excluding ortho intramolecular Hbond substituents is 2. The highest BCUT2D eigenvalue weighted by Crippen LogP contribution is 2.41. The van der Waals surface area contributed by atoms with Gasteiger partial charge in [0.1, 0.15) is 11.5 Å². The van der Waals surface area contributed by atoms with Crippen molar-refractivity contribution < 1.29 is 10.2 Å². The lowest BCUT2D eigenvalue weighted by atomic mass is 9.94. The Morgan fingerprint density at radius 1 is 0.381 bits per heavy atom. The molecule has 2 heteroatoms. The standard InChI is InChI=1S/C40H50O2/c1-3-5-7-9-11-13-15-17-29-19-21-31-25-33-28-38-34(27-37(33)39(41)35(31)23-29)26-32-22-20-30(24-36(32)40(38)42)18-16-14-12-10-8-6-4-2/h19-28,41-42H,3-18H2,1-2H3. The number of fused-ring (bicyclic) bond motifs is 4. The van der Waals surface area contributed by atoms with Gasteiger partial charge in [-0.1, -0.05) is 115 Å². The van der Waals surface area contributed by atoms with Gasteiger partial charge in [0.05, 0.1) is 0 Å². The summed E-state index contributed by atoms with van der Waals surface area (Å²) in [5.41, 5.74) is 2.59. The van der Waals surface area contributed by atoms with Gasteiger partial charge < -0.3 is 10.2 Å². The average molecular weight is 563 g/mol. The van der Waals surface area contributed by atoms with Gasteiger partial charge >= 0.3 is 0 Å². The highest BCUT2D eigenvalue weighted by molar-refractivity contribution is 6.14. The molecule has 0 aromatic heterocycles. The smallest absolute Gasteiger partial charge is 0.131 e. The molecule has 0 unspecified atom stereocenters. The Hall–Kier alpha value is -3.26. The number of aryl methyl sites for hydroxylation is 2. The first-order valence-corrected chi connectivity index (χ1v) is 16.9. The minimum atomic E-state index is 0.343. The lowest BCUT2D eigenvalue weighted by molar-refractivity contribution is 0.486. The first-order chi connectivity index (χ1) is 20.6. The van der Waals surface area contributed by atoms with Crippen molar-refractivity contribution in [3.8, 4) is 11.5 Å². The third kappa shape index (κ3) is 7.20. The fourth-order valence-electron chi connectivity index (χ4n) is 6.66. The van der Waals surface area contributed by atoms with Crippen molar-refractivity contribution in [2.24, 2.45) is 0 Å². The molecule has 0 bridgehead atoms. The molecule has 2 N–H and O–H groups in total. The second kappa shape index (κ2) is 14.8. The molecule has 0 saturated carbocycles. The Morgan fingerprint density at radius 2 is 0.738 bits per heavy atom. The van der Waals surface area contributed by atoms with E-state index in [0.717, 1.165) is 55.9 Å². The van der Waals surface area contributed by atoms with Crippen LogP contribution in [0.3, 0.4) is 0 Å². The fraction of sp³-hybridized carbons (Fsp3) is 0.450. The molecule has 222 valence electrons. The van der Waals surface area contributed by atoms with Crippen molar-refractivity contribution in [1.29, 1.82) is 0 Å². The largest absolute Gasteiger partial charge is 0.507 e. The van der Waals surface area contributed by atoms with Gasteiger partial charge in [-0.2, -0.15) is 0 Å². The second-order valence-electron chi connectivity index (χ2n) is 12.6. The first-order valence-electron chi connectivity index (χ1n) is 16.9. The molecule has 5 aromatic carbocycles. The number of hydrogen-bond donors (Lipinski definition) is 2. The van der Waals surface area contributed by atoms with E-state index in [1.54, 1.807) is 0 Å². The summed E-state index contributed by atoms with van der Waals surface area (Å²) in [7, 11) is 0. The summed E-state index contributed by atoms with van der Waals surface area (Å²) >= 11 is 0.